The predicted molar refractivity (Wildman–Crippen MR) is 72.8 cm³/mol. The van der Waals surface area contributed by atoms with Crippen molar-refractivity contribution in [2.24, 2.45) is 0 Å². The summed E-state index contributed by atoms with van der Waals surface area (Å²) < 4.78 is 9.65. The van der Waals surface area contributed by atoms with E-state index in [0.29, 0.717) is 11.5 Å². The van der Waals surface area contributed by atoms with Crippen molar-refractivity contribution in [3.05, 3.63) is 16.6 Å². The van der Waals surface area contributed by atoms with Gasteiger partial charge in [0.1, 0.15) is 0 Å². The molecule has 0 amide bonds. The number of hydrogen-bond acceptors (Lipinski definition) is 7. The first-order valence-electron chi connectivity index (χ1n) is 5.84. The van der Waals surface area contributed by atoms with Crippen LogP contribution in [-0.2, 0) is 14.3 Å². The standard InChI is InChI=1S/C12H16N2O4S/c1-3-17-9(15)7-5-6-8-10(11(16)18-4-2)14-12(13)19-8/h5-6H,3-4,7H2,1-2H3,(H2,13,14). The quantitative estimate of drug-likeness (QED) is 0.802. The lowest BCUT2D eigenvalue weighted by atomic mass is 10.3. The van der Waals surface area contributed by atoms with Gasteiger partial charge >= 0.3 is 11.9 Å². The molecule has 0 unspecified atom stereocenters. The number of hydrogen-bond donors (Lipinski definition) is 1. The molecule has 104 valence electrons. The second-order valence-electron chi connectivity index (χ2n) is 3.40. The Balaban J connectivity index is 2.75. The maximum Gasteiger partial charge on any atom is 0.358 e. The Kier molecular flexibility index (Phi) is 6.01. The Bertz CT molecular complexity index is 482. The number of esters is 2. The number of carbonyl (C=O) groups is 2. The molecule has 0 spiro atoms. The van der Waals surface area contributed by atoms with Crippen molar-refractivity contribution >= 4 is 34.5 Å². The monoisotopic (exact) mass is 284 g/mol. The van der Waals surface area contributed by atoms with E-state index in [4.69, 9.17) is 15.2 Å². The summed E-state index contributed by atoms with van der Waals surface area (Å²) in [6.07, 6.45) is 3.36. The number of nitrogens with zero attached hydrogens (tertiary/aromatic N) is 1. The summed E-state index contributed by atoms with van der Waals surface area (Å²) in [6, 6.07) is 0. The van der Waals surface area contributed by atoms with Crippen LogP contribution >= 0.6 is 11.3 Å². The van der Waals surface area contributed by atoms with Gasteiger partial charge in [0.05, 0.1) is 24.5 Å². The lowest BCUT2D eigenvalue weighted by Gasteiger charge is -1.99. The number of rotatable bonds is 6. The van der Waals surface area contributed by atoms with Gasteiger partial charge in [-0.2, -0.15) is 0 Å². The molecule has 0 saturated heterocycles. The van der Waals surface area contributed by atoms with Crippen LogP contribution < -0.4 is 5.73 Å². The summed E-state index contributed by atoms with van der Waals surface area (Å²) in [5.74, 6) is -0.847. The lowest BCUT2D eigenvalue weighted by Crippen LogP contribution is -2.06. The van der Waals surface area contributed by atoms with Gasteiger partial charge in [-0.25, -0.2) is 9.78 Å². The van der Waals surface area contributed by atoms with E-state index in [1.54, 1.807) is 26.0 Å². The molecule has 0 fully saturated rings. The summed E-state index contributed by atoms with van der Waals surface area (Å²) >= 11 is 1.16. The second kappa shape index (κ2) is 7.52. The van der Waals surface area contributed by atoms with Gasteiger partial charge in [0.15, 0.2) is 10.8 Å². The van der Waals surface area contributed by atoms with Crippen LogP contribution in [0, 0.1) is 0 Å². The Morgan fingerprint density at radius 1 is 1.32 bits per heavy atom. The fourth-order valence-corrected chi connectivity index (χ4v) is 2.04. The van der Waals surface area contributed by atoms with Crippen LogP contribution in [0.2, 0.25) is 0 Å². The van der Waals surface area contributed by atoms with Crippen molar-refractivity contribution in [2.45, 2.75) is 20.3 Å². The van der Waals surface area contributed by atoms with Crippen molar-refractivity contribution in [3.63, 3.8) is 0 Å². The molecule has 1 aromatic rings. The molecule has 0 atom stereocenters. The maximum atomic E-state index is 11.6. The van der Waals surface area contributed by atoms with Crippen molar-refractivity contribution in [2.75, 3.05) is 18.9 Å². The summed E-state index contributed by atoms with van der Waals surface area (Å²) in [5, 5.41) is 0.277. The molecule has 2 N–H and O–H groups in total. The molecule has 0 aliphatic rings. The molecule has 0 bridgehead atoms. The Morgan fingerprint density at radius 3 is 2.63 bits per heavy atom. The number of aromatic nitrogens is 1. The SMILES string of the molecule is CCOC(=O)CC=Cc1sc(N)nc1C(=O)OCC. The fraction of sp³-hybridized carbons (Fsp3) is 0.417. The highest BCUT2D eigenvalue weighted by Gasteiger charge is 2.16. The minimum Gasteiger partial charge on any atom is -0.466 e. The topological polar surface area (TPSA) is 91.5 Å². The maximum absolute atomic E-state index is 11.6. The van der Waals surface area contributed by atoms with Gasteiger partial charge in [0.2, 0.25) is 0 Å². The number of carbonyl (C=O) groups excluding carboxylic acids is 2. The van der Waals surface area contributed by atoms with Gasteiger partial charge < -0.3 is 15.2 Å². The van der Waals surface area contributed by atoms with Crippen LogP contribution in [0.3, 0.4) is 0 Å². The van der Waals surface area contributed by atoms with Crippen LogP contribution in [0.1, 0.15) is 35.6 Å². The van der Waals surface area contributed by atoms with Crippen LogP contribution in [-0.4, -0.2) is 30.1 Å². The van der Waals surface area contributed by atoms with E-state index in [9.17, 15) is 9.59 Å². The third-order valence-electron chi connectivity index (χ3n) is 2.00. The minimum atomic E-state index is -0.522. The number of ether oxygens (including phenoxy) is 2. The van der Waals surface area contributed by atoms with E-state index in [1.807, 2.05) is 0 Å². The normalized spacial score (nSPS) is 10.6. The molecule has 0 aliphatic carbocycles. The summed E-state index contributed by atoms with van der Waals surface area (Å²) in [6.45, 7) is 4.06. The molecule has 1 rings (SSSR count). The number of thiazole rings is 1. The van der Waals surface area contributed by atoms with E-state index in [-0.39, 0.29) is 29.8 Å². The first-order chi connectivity index (χ1) is 9.08. The molecular formula is C12H16N2O4S. The van der Waals surface area contributed by atoms with Gasteiger partial charge in [0, 0.05) is 0 Å². The van der Waals surface area contributed by atoms with Gasteiger partial charge in [-0.05, 0) is 19.9 Å². The molecule has 1 heterocycles. The van der Waals surface area contributed by atoms with Crippen molar-refractivity contribution in [3.8, 4) is 0 Å². The van der Waals surface area contributed by atoms with Crippen LogP contribution in [0.15, 0.2) is 6.08 Å². The van der Waals surface area contributed by atoms with Gasteiger partial charge in [-0.3, -0.25) is 4.79 Å². The fourth-order valence-electron chi connectivity index (χ4n) is 1.29. The Labute approximate surface area is 115 Å². The first-order valence-corrected chi connectivity index (χ1v) is 6.65. The molecular weight excluding hydrogens is 268 g/mol. The van der Waals surface area contributed by atoms with Gasteiger partial charge in [-0.1, -0.05) is 17.4 Å². The Hall–Kier alpha value is -1.89. The predicted octanol–water partition coefficient (Wildman–Crippen LogP) is 1.87. The highest BCUT2D eigenvalue weighted by molar-refractivity contribution is 7.16. The third kappa shape index (κ3) is 4.70. The average molecular weight is 284 g/mol. The zero-order valence-electron chi connectivity index (χ0n) is 10.8. The zero-order valence-corrected chi connectivity index (χ0v) is 11.7. The van der Waals surface area contributed by atoms with Gasteiger partial charge in [0.25, 0.3) is 0 Å². The summed E-state index contributed by atoms with van der Waals surface area (Å²) in [7, 11) is 0. The average Bonchev–Trinajstić information content (AvgIpc) is 2.71. The minimum absolute atomic E-state index is 0.133. The second-order valence-corrected chi connectivity index (χ2v) is 4.46. The van der Waals surface area contributed by atoms with E-state index in [1.165, 1.54) is 0 Å². The largest absolute Gasteiger partial charge is 0.466 e. The number of nitrogens with two attached hydrogens (primary N) is 1. The van der Waals surface area contributed by atoms with Gasteiger partial charge in [-0.15, -0.1) is 0 Å². The third-order valence-corrected chi connectivity index (χ3v) is 2.85. The van der Waals surface area contributed by atoms with E-state index in [2.05, 4.69) is 4.98 Å². The molecule has 7 heteroatoms. The van der Waals surface area contributed by atoms with Crippen LogP contribution in [0.5, 0.6) is 0 Å². The van der Waals surface area contributed by atoms with E-state index in [0.717, 1.165) is 11.3 Å². The van der Waals surface area contributed by atoms with Crippen molar-refractivity contribution in [1.82, 2.24) is 4.98 Å². The molecule has 0 radical (unpaired) electrons. The van der Waals surface area contributed by atoms with Crippen LogP contribution in [0.25, 0.3) is 6.08 Å². The summed E-state index contributed by atoms with van der Waals surface area (Å²) in [5.41, 5.74) is 5.74. The highest BCUT2D eigenvalue weighted by atomic mass is 32.1. The molecule has 0 aliphatic heterocycles. The zero-order chi connectivity index (χ0) is 14.3. The lowest BCUT2D eigenvalue weighted by molar-refractivity contribution is -0.142. The number of nitrogen functional groups attached to an aromatic ring is 1. The molecule has 19 heavy (non-hydrogen) atoms. The van der Waals surface area contributed by atoms with Crippen LogP contribution in [0.4, 0.5) is 5.13 Å². The smallest absolute Gasteiger partial charge is 0.358 e. The van der Waals surface area contributed by atoms with E-state index < -0.39 is 5.97 Å². The molecule has 6 nitrogen and oxygen atoms in total. The first kappa shape index (κ1) is 15.2. The van der Waals surface area contributed by atoms with Crippen molar-refractivity contribution < 1.29 is 19.1 Å². The molecule has 0 saturated carbocycles. The molecule has 0 aromatic carbocycles. The van der Waals surface area contributed by atoms with Crippen molar-refractivity contribution in [1.29, 1.82) is 0 Å². The van der Waals surface area contributed by atoms with E-state index >= 15 is 0 Å². The highest BCUT2D eigenvalue weighted by Crippen LogP contribution is 2.23. The summed E-state index contributed by atoms with van der Waals surface area (Å²) in [4.78, 5) is 27.3. The molecule has 1 aromatic heterocycles. The number of anilines is 1. The Morgan fingerprint density at radius 2 is 2.00 bits per heavy atom.